The van der Waals surface area contributed by atoms with Gasteiger partial charge < -0.3 is 4.74 Å². The van der Waals surface area contributed by atoms with Crippen molar-refractivity contribution in [2.24, 2.45) is 11.8 Å². The highest BCUT2D eigenvalue weighted by atomic mass is 79.9. The Bertz CT molecular complexity index is 1720. The normalized spacial score (nSPS) is 18.0. The van der Waals surface area contributed by atoms with Gasteiger partial charge in [-0.25, -0.2) is 9.78 Å². The summed E-state index contributed by atoms with van der Waals surface area (Å²) in [6.45, 7) is -0.433. The number of aromatic nitrogens is 1. The van der Waals surface area contributed by atoms with Crippen molar-refractivity contribution in [1.29, 1.82) is 0 Å². The van der Waals surface area contributed by atoms with Crippen LogP contribution in [0.15, 0.2) is 89.4 Å². The Hall–Kier alpha value is -4.14. The van der Waals surface area contributed by atoms with Crippen molar-refractivity contribution in [2.75, 3.05) is 11.5 Å². The number of hydrogen-bond donors (Lipinski definition) is 0. The Morgan fingerprint density at radius 2 is 1.56 bits per heavy atom. The second-order valence-corrected chi connectivity index (χ2v) is 11.3. The van der Waals surface area contributed by atoms with E-state index < -0.39 is 12.6 Å². The van der Waals surface area contributed by atoms with E-state index in [2.05, 4.69) is 15.9 Å². The standard InChI is InChI=1S/C32H22BrClN2O5/c33-20-9-14-27-25(15-20)26(32(40)41-17-29(37)19-5-10-21(34)11-6-19)16-28(35-27)18-7-12-22(13-8-18)36-30(38)23-3-1-2-4-24(23)31(36)39/h1-2,5-16,23-24H,3-4,17H2. The minimum Gasteiger partial charge on any atom is -0.454 e. The molecule has 1 aliphatic carbocycles. The number of esters is 1. The molecule has 41 heavy (non-hydrogen) atoms. The summed E-state index contributed by atoms with van der Waals surface area (Å²) in [4.78, 5) is 57.8. The number of imide groups is 1. The summed E-state index contributed by atoms with van der Waals surface area (Å²) < 4.78 is 6.17. The highest BCUT2D eigenvalue weighted by Gasteiger charge is 2.47. The molecule has 1 fully saturated rings. The van der Waals surface area contributed by atoms with Crippen LogP contribution in [-0.2, 0) is 14.3 Å². The lowest BCUT2D eigenvalue weighted by Gasteiger charge is -2.15. The molecule has 4 aromatic rings. The molecule has 204 valence electrons. The average Bonchev–Trinajstić information content (AvgIpc) is 3.25. The summed E-state index contributed by atoms with van der Waals surface area (Å²) in [5, 5.41) is 1.06. The minimum absolute atomic E-state index is 0.176. The van der Waals surface area contributed by atoms with Crippen molar-refractivity contribution >= 4 is 67.7 Å². The van der Waals surface area contributed by atoms with Gasteiger partial charge in [-0.15, -0.1) is 0 Å². The minimum atomic E-state index is -0.667. The van der Waals surface area contributed by atoms with Crippen LogP contribution in [0.5, 0.6) is 0 Å². The largest absolute Gasteiger partial charge is 0.454 e. The van der Waals surface area contributed by atoms with Crippen molar-refractivity contribution in [3.8, 4) is 11.3 Å². The summed E-state index contributed by atoms with van der Waals surface area (Å²) in [5.74, 6) is -2.00. The lowest BCUT2D eigenvalue weighted by Crippen LogP contribution is -2.30. The average molecular weight is 630 g/mol. The van der Waals surface area contributed by atoms with E-state index in [0.717, 1.165) is 4.47 Å². The molecule has 1 aliphatic heterocycles. The van der Waals surface area contributed by atoms with E-state index >= 15 is 0 Å². The smallest absolute Gasteiger partial charge is 0.339 e. The van der Waals surface area contributed by atoms with E-state index in [9.17, 15) is 19.2 Å². The first-order chi connectivity index (χ1) is 19.8. The van der Waals surface area contributed by atoms with E-state index in [1.165, 1.54) is 4.90 Å². The number of anilines is 1. The third-order valence-corrected chi connectivity index (χ3v) is 8.17. The predicted molar refractivity (Wildman–Crippen MR) is 159 cm³/mol. The van der Waals surface area contributed by atoms with Gasteiger partial charge in [-0.1, -0.05) is 51.8 Å². The number of pyridine rings is 1. The number of Topliss-reactive ketones (excluding diaryl/α,β-unsaturated/α-hetero) is 1. The van der Waals surface area contributed by atoms with Crippen molar-refractivity contribution in [3.63, 3.8) is 0 Å². The lowest BCUT2D eigenvalue weighted by atomic mass is 9.85. The van der Waals surface area contributed by atoms with Gasteiger partial charge in [0.2, 0.25) is 11.8 Å². The molecule has 9 heteroatoms. The Morgan fingerprint density at radius 3 is 2.22 bits per heavy atom. The summed E-state index contributed by atoms with van der Waals surface area (Å²) in [5.41, 5.74) is 2.88. The van der Waals surface area contributed by atoms with Gasteiger partial charge in [-0.05, 0) is 73.5 Å². The van der Waals surface area contributed by atoms with Crippen LogP contribution >= 0.6 is 27.5 Å². The number of amides is 2. The van der Waals surface area contributed by atoms with Crippen LogP contribution in [0.4, 0.5) is 5.69 Å². The maximum atomic E-state index is 13.2. The van der Waals surface area contributed by atoms with Gasteiger partial charge in [0.25, 0.3) is 0 Å². The molecule has 2 heterocycles. The molecular weight excluding hydrogens is 608 g/mol. The van der Waals surface area contributed by atoms with Crippen LogP contribution < -0.4 is 4.90 Å². The molecule has 3 aromatic carbocycles. The van der Waals surface area contributed by atoms with Crippen molar-refractivity contribution in [2.45, 2.75) is 12.8 Å². The Balaban J connectivity index is 1.28. The maximum Gasteiger partial charge on any atom is 0.339 e. The number of hydrogen-bond acceptors (Lipinski definition) is 6. The number of allylic oxidation sites excluding steroid dienone is 2. The molecule has 0 radical (unpaired) electrons. The second-order valence-electron chi connectivity index (χ2n) is 9.94. The zero-order valence-electron chi connectivity index (χ0n) is 21.6. The number of fused-ring (bicyclic) bond motifs is 2. The van der Waals surface area contributed by atoms with E-state index in [1.807, 2.05) is 18.2 Å². The number of carbonyl (C=O) groups excluding carboxylic acids is 4. The molecule has 2 atom stereocenters. The first kappa shape index (κ1) is 27.1. The maximum absolute atomic E-state index is 13.2. The topological polar surface area (TPSA) is 93.6 Å². The van der Waals surface area contributed by atoms with Gasteiger partial charge in [0, 0.05) is 26.0 Å². The van der Waals surface area contributed by atoms with Gasteiger partial charge in [0.1, 0.15) is 0 Å². The molecule has 1 saturated heterocycles. The van der Waals surface area contributed by atoms with E-state index in [4.69, 9.17) is 21.3 Å². The fourth-order valence-corrected chi connectivity index (χ4v) is 5.77. The molecule has 1 aromatic heterocycles. The highest BCUT2D eigenvalue weighted by Crippen LogP contribution is 2.38. The van der Waals surface area contributed by atoms with Gasteiger partial charge in [-0.3, -0.25) is 19.3 Å². The number of benzene rings is 3. The van der Waals surface area contributed by atoms with Gasteiger partial charge in [-0.2, -0.15) is 0 Å². The van der Waals surface area contributed by atoms with E-state index in [-0.39, 0.29) is 35.0 Å². The van der Waals surface area contributed by atoms with Crippen molar-refractivity contribution < 1.29 is 23.9 Å². The number of ketones is 1. The van der Waals surface area contributed by atoms with Gasteiger partial charge in [0.05, 0.1) is 34.3 Å². The Morgan fingerprint density at radius 1 is 0.902 bits per heavy atom. The summed E-state index contributed by atoms with van der Waals surface area (Å²) in [7, 11) is 0. The van der Waals surface area contributed by atoms with Crippen LogP contribution in [0.2, 0.25) is 5.02 Å². The first-order valence-electron chi connectivity index (χ1n) is 13.0. The van der Waals surface area contributed by atoms with E-state index in [1.54, 1.807) is 66.7 Å². The zero-order valence-corrected chi connectivity index (χ0v) is 23.9. The van der Waals surface area contributed by atoms with Crippen molar-refractivity contribution in [1.82, 2.24) is 4.98 Å². The van der Waals surface area contributed by atoms with Gasteiger partial charge in [0.15, 0.2) is 12.4 Å². The molecule has 0 N–H and O–H groups in total. The van der Waals surface area contributed by atoms with Crippen LogP contribution in [0.25, 0.3) is 22.2 Å². The van der Waals surface area contributed by atoms with Crippen LogP contribution in [0.3, 0.4) is 0 Å². The Kier molecular flexibility index (Phi) is 7.28. The first-order valence-corrected chi connectivity index (χ1v) is 14.2. The lowest BCUT2D eigenvalue weighted by molar-refractivity contribution is -0.122. The number of halogens is 2. The molecule has 0 saturated carbocycles. The fraction of sp³-hybridized carbons (Fsp3) is 0.156. The van der Waals surface area contributed by atoms with Crippen LogP contribution in [0, 0.1) is 11.8 Å². The number of carbonyl (C=O) groups is 4. The Labute approximate surface area is 248 Å². The molecular formula is C32H22BrClN2O5. The summed E-state index contributed by atoms with van der Waals surface area (Å²) in [6, 6.07) is 20.3. The third kappa shape index (κ3) is 5.21. The second kappa shape index (κ2) is 11.0. The number of ether oxygens (including phenoxy) is 1. The number of rotatable bonds is 6. The fourth-order valence-electron chi connectivity index (χ4n) is 5.28. The molecule has 2 amide bonds. The SMILES string of the molecule is O=C(COC(=O)c1cc(-c2ccc(N3C(=O)C4CC=CCC4C3=O)cc2)nc2ccc(Br)cc12)c1ccc(Cl)cc1. The third-order valence-electron chi connectivity index (χ3n) is 7.42. The monoisotopic (exact) mass is 628 g/mol. The summed E-state index contributed by atoms with van der Waals surface area (Å²) >= 11 is 9.34. The quantitative estimate of drug-likeness (QED) is 0.101. The van der Waals surface area contributed by atoms with Gasteiger partial charge >= 0.3 is 5.97 Å². The highest BCUT2D eigenvalue weighted by molar-refractivity contribution is 9.10. The molecule has 7 nitrogen and oxygen atoms in total. The molecule has 0 bridgehead atoms. The van der Waals surface area contributed by atoms with Crippen LogP contribution in [-0.4, -0.2) is 35.2 Å². The molecule has 2 unspecified atom stereocenters. The number of nitrogens with zero attached hydrogens (tertiary/aromatic N) is 2. The zero-order chi connectivity index (χ0) is 28.7. The molecule has 6 rings (SSSR count). The summed E-state index contributed by atoms with van der Waals surface area (Å²) in [6.07, 6.45) is 5.06. The molecule has 2 aliphatic rings. The predicted octanol–water partition coefficient (Wildman–Crippen LogP) is 6.81. The van der Waals surface area contributed by atoms with Crippen LogP contribution in [0.1, 0.15) is 33.6 Å². The molecule has 0 spiro atoms. The van der Waals surface area contributed by atoms with E-state index in [0.29, 0.717) is 51.3 Å². The van der Waals surface area contributed by atoms with Crippen molar-refractivity contribution in [3.05, 3.63) is 106 Å².